The predicted molar refractivity (Wildman–Crippen MR) is 139 cm³/mol. The first kappa shape index (κ1) is 26.7. The van der Waals surface area contributed by atoms with Crippen LogP contribution in [-0.2, 0) is 19.9 Å². The van der Waals surface area contributed by atoms with Gasteiger partial charge in [-0.05, 0) is 63.9 Å². The lowest BCUT2D eigenvalue weighted by atomic mass is 9.73. The standard InChI is InChI=1S/C29H44N2O6/c1-34-16-6-5-14-29(35-2,22-10-7-11-25-26(22)37-28(36-25)12-3-4-13-28)21-9-8-15-31(19-21)27(33)20-17-23(30)24(32)18-20/h7,10-11,20-21,23-24,32H,3-6,8-9,12-19,30H2,1-2H3/t20-,21+,23+,24-,29-/m0/s1. The molecular formula is C29H44N2O6. The van der Waals surface area contributed by atoms with Crippen molar-refractivity contribution in [3.8, 4) is 11.5 Å². The summed E-state index contributed by atoms with van der Waals surface area (Å²) < 4.78 is 24.9. The second-order valence-electron chi connectivity index (χ2n) is 11.5. The molecule has 1 saturated heterocycles. The largest absolute Gasteiger partial charge is 0.448 e. The molecule has 1 aromatic carbocycles. The van der Waals surface area contributed by atoms with E-state index in [1.54, 1.807) is 14.2 Å². The maximum absolute atomic E-state index is 13.5. The van der Waals surface area contributed by atoms with E-state index in [2.05, 4.69) is 6.07 Å². The molecular weight excluding hydrogens is 472 g/mol. The van der Waals surface area contributed by atoms with Crippen LogP contribution in [0.15, 0.2) is 18.2 Å². The summed E-state index contributed by atoms with van der Waals surface area (Å²) in [5.41, 5.74) is 6.45. The number of methoxy groups -OCH3 is 2. The fourth-order valence-electron chi connectivity index (χ4n) is 7.20. The van der Waals surface area contributed by atoms with Crippen LogP contribution in [0.5, 0.6) is 11.5 Å². The third-order valence-electron chi connectivity index (χ3n) is 9.21. The number of rotatable bonds is 9. The molecule has 1 spiro atoms. The summed E-state index contributed by atoms with van der Waals surface area (Å²) in [6.07, 6.45) is 8.97. The molecule has 3 N–H and O–H groups in total. The normalized spacial score (nSPS) is 30.1. The molecule has 4 aliphatic rings. The molecule has 206 valence electrons. The minimum absolute atomic E-state index is 0.105. The number of ether oxygens (including phenoxy) is 4. The molecule has 1 amide bonds. The molecule has 0 radical (unpaired) electrons. The molecule has 37 heavy (non-hydrogen) atoms. The van der Waals surface area contributed by atoms with Gasteiger partial charge in [0.2, 0.25) is 5.91 Å². The Hall–Kier alpha value is -1.87. The molecule has 2 aliphatic heterocycles. The number of benzene rings is 1. The van der Waals surface area contributed by atoms with Crippen molar-refractivity contribution in [2.75, 3.05) is 33.9 Å². The second kappa shape index (κ2) is 11.1. The maximum atomic E-state index is 13.5. The van der Waals surface area contributed by atoms with Crippen molar-refractivity contribution in [1.29, 1.82) is 0 Å². The summed E-state index contributed by atoms with van der Waals surface area (Å²) >= 11 is 0. The molecule has 1 aromatic rings. The van der Waals surface area contributed by atoms with E-state index in [1.807, 2.05) is 17.0 Å². The van der Waals surface area contributed by atoms with E-state index in [9.17, 15) is 9.90 Å². The highest BCUT2D eigenvalue weighted by molar-refractivity contribution is 5.79. The predicted octanol–water partition coefficient (Wildman–Crippen LogP) is 3.72. The average Bonchev–Trinajstić information content (AvgIpc) is 3.62. The highest BCUT2D eigenvalue weighted by Crippen LogP contribution is 2.54. The number of para-hydroxylation sites is 1. The number of hydrogen-bond donors (Lipinski definition) is 2. The number of piperidine rings is 1. The first-order chi connectivity index (χ1) is 17.9. The summed E-state index contributed by atoms with van der Waals surface area (Å²) in [5.74, 6) is 1.07. The molecule has 8 nitrogen and oxygen atoms in total. The van der Waals surface area contributed by atoms with E-state index in [4.69, 9.17) is 24.7 Å². The monoisotopic (exact) mass is 516 g/mol. The first-order valence-electron chi connectivity index (χ1n) is 14.2. The van der Waals surface area contributed by atoms with Crippen molar-refractivity contribution in [2.24, 2.45) is 17.6 Å². The number of aliphatic hydroxyl groups is 1. The van der Waals surface area contributed by atoms with Crippen LogP contribution in [0.1, 0.15) is 76.2 Å². The molecule has 2 aliphatic carbocycles. The van der Waals surface area contributed by atoms with E-state index < -0.39 is 17.5 Å². The lowest BCUT2D eigenvalue weighted by molar-refractivity contribution is -0.143. The molecule has 5 rings (SSSR count). The number of fused-ring (bicyclic) bond motifs is 1. The molecule has 3 fully saturated rings. The van der Waals surface area contributed by atoms with Crippen LogP contribution in [0.3, 0.4) is 0 Å². The first-order valence-corrected chi connectivity index (χ1v) is 14.2. The van der Waals surface area contributed by atoms with Crippen LogP contribution in [0, 0.1) is 11.8 Å². The number of amides is 1. The lowest BCUT2D eigenvalue weighted by Gasteiger charge is -2.46. The number of carbonyl (C=O) groups excluding carboxylic acids is 1. The van der Waals surface area contributed by atoms with Crippen LogP contribution in [0.4, 0.5) is 0 Å². The number of nitrogens with two attached hydrogens (primary N) is 1. The van der Waals surface area contributed by atoms with E-state index in [0.717, 1.165) is 81.4 Å². The zero-order valence-electron chi connectivity index (χ0n) is 22.5. The minimum atomic E-state index is -0.614. The number of unbranched alkanes of at least 4 members (excludes halogenated alkanes) is 1. The third-order valence-corrected chi connectivity index (χ3v) is 9.21. The Morgan fingerprint density at radius 2 is 2.00 bits per heavy atom. The van der Waals surface area contributed by atoms with Crippen molar-refractivity contribution in [2.45, 2.75) is 94.2 Å². The zero-order chi connectivity index (χ0) is 26.0. The zero-order valence-corrected chi connectivity index (χ0v) is 22.5. The van der Waals surface area contributed by atoms with Crippen LogP contribution in [0.2, 0.25) is 0 Å². The minimum Gasteiger partial charge on any atom is -0.448 e. The number of aliphatic hydroxyl groups excluding tert-OH is 1. The summed E-state index contributed by atoms with van der Waals surface area (Å²) in [6, 6.07) is 5.85. The molecule has 2 saturated carbocycles. The molecule has 0 bridgehead atoms. The van der Waals surface area contributed by atoms with Crippen LogP contribution in [-0.4, -0.2) is 67.8 Å². The Kier molecular flexibility index (Phi) is 8.01. The highest BCUT2D eigenvalue weighted by Gasteiger charge is 2.51. The van der Waals surface area contributed by atoms with Crippen molar-refractivity contribution in [3.63, 3.8) is 0 Å². The van der Waals surface area contributed by atoms with Crippen molar-refractivity contribution >= 4 is 5.91 Å². The number of nitrogens with zero attached hydrogens (tertiary/aromatic N) is 1. The number of hydrogen-bond acceptors (Lipinski definition) is 7. The van der Waals surface area contributed by atoms with Gasteiger partial charge in [-0.15, -0.1) is 0 Å². The van der Waals surface area contributed by atoms with E-state index in [0.29, 0.717) is 26.0 Å². The highest BCUT2D eigenvalue weighted by atomic mass is 16.7. The van der Waals surface area contributed by atoms with Gasteiger partial charge in [-0.3, -0.25) is 4.79 Å². The van der Waals surface area contributed by atoms with Gasteiger partial charge in [0.25, 0.3) is 5.79 Å². The Bertz CT molecular complexity index is 940. The quantitative estimate of drug-likeness (QED) is 0.482. The van der Waals surface area contributed by atoms with Crippen molar-refractivity contribution < 1.29 is 28.8 Å². The summed E-state index contributed by atoms with van der Waals surface area (Å²) in [6.45, 7) is 2.06. The van der Waals surface area contributed by atoms with Gasteiger partial charge in [0.15, 0.2) is 11.5 Å². The van der Waals surface area contributed by atoms with Crippen LogP contribution >= 0.6 is 0 Å². The summed E-state index contributed by atoms with van der Waals surface area (Å²) in [5, 5.41) is 10.1. The Morgan fingerprint density at radius 3 is 2.70 bits per heavy atom. The molecule has 5 atom stereocenters. The van der Waals surface area contributed by atoms with Gasteiger partial charge in [0.1, 0.15) is 5.60 Å². The average molecular weight is 517 g/mol. The second-order valence-corrected chi connectivity index (χ2v) is 11.5. The van der Waals surface area contributed by atoms with E-state index >= 15 is 0 Å². The molecule has 8 heteroatoms. The third kappa shape index (κ3) is 5.10. The van der Waals surface area contributed by atoms with Crippen LogP contribution in [0.25, 0.3) is 0 Å². The smallest absolute Gasteiger partial charge is 0.251 e. The van der Waals surface area contributed by atoms with Crippen molar-refractivity contribution in [1.82, 2.24) is 4.90 Å². The molecule has 0 unspecified atom stereocenters. The summed E-state index contributed by atoms with van der Waals surface area (Å²) in [7, 11) is 3.53. The van der Waals surface area contributed by atoms with Gasteiger partial charge in [-0.25, -0.2) is 0 Å². The Balaban J connectivity index is 1.44. The topological polar surface area (TPSA) is 103 Å². The Labute approximate surface area is 220 Å². The van der Waals surface area contributed by atoms with Gasteiger partial charge in [-0.2, -0.15) is 0 Å². The van der Waals surface area contributed by atoms with Crippen molar-refractivity contribution in [3.05, 3.63) is 23.8 Å². The van der Waals surface area contributed by atoms with Gasteiger partial charge in [0, 0.05) is 70.2 Å². The molecule has 2 heterocycles. The summed E-state index contributed by atoms with van der Waals surface area (Å²) in [4.78, 5) is 15.5. The fraction of sp³-hybridized carbons (Fsp3) is 0.759. The van der Waals surface area contributed by atoms with E-state index in [-0.39, 0.29) is 23.8 Å². The SMILES string of the molecule is COCCCC[C@@](OC)(c1cccc2c1OC1(CCCC1)O2)[C@@H]1CCCN(C(=O)[C@H]2C[C@@H](N)[C@@H](O)C2)C1. The lowest BCUT2D eigenvalue weighted by Crippen LogP contribution is -2.50. The van der Waals surface area contributed by atoms with Crippen LogP contribution < -0.4 is 15.2 Å². The maximum Gasteiger partial charge on any atom is 0.251 e. The van der Waals surface area contributed by atoms with E-state index in [1.165, 1.54) is 0 Å². The van der Waals surface area contributed by atoms with Gasteiger partial charge < -0.3 is 34.7 Å². The molecule has 0 aromatic heterocycles. The number of likely N-dealkylation sites (tertiary alicyclic amines) is 1. The van der Waals surface area contributed by atoms with Gasteiger partial charge in [0.05, 0.1) is 6.10 Å². The van der Waals surface area contributed by atoms with Gasteiger partial charge in [-0.1, -0.05) is 12.1 Å². The Morgan fingerprint density at radius 1 is 1.19 bits per heavy atom. The number of carbonyl (C=O) groups is 1. The fourth-order valence-corrected chi connectivity index (χ4v) is 7.20. The van der Waals surface area contributed by atoms with Gasteiger partial charge >= 0.3 is 0 Å².